The molecule has 0 aromatic heterocycles. The molecule has 2 aliphatic heterocycles. The van der Waals surface area contributed by atoms with Crippen molar-refractivity contribution in [2.24, 2.45) is 0 Å². The van der Waals surface area contributed by atoms with E-state index < -0.39 is 28.9 Å². The van der Waals surface area contributed by atoms with Gasteiger partial charge < -0.3 is 15.1 Å². The maximum absolute atomic E-state index is 13.8. The smallest absolute Gasteiger partial charge is 0.259 e. The number of piperidine rings is 1. The van der Waals surface area contributed by atoms with Crippen LogP contribution in [0.4, 0.5) is 13.2 Å². The van der Waals surface area contributed by atoms with Crippen LogP contribution in [0.25, 0.3) is 0 Å². The molecule has 2 saturated heterocycles. The first-order chi connectivity index (χ1) is 11.5. The van der Waals surface area contributed by atoms with E-state index in [0.29, 0.717) is 38.2 Å². The molecule has 2 fully saturated rings. The number of hydrogen-bond donors (Lipinski definition) is 1. The number of likely N-dealkylation sites (tertiary alicyclic amines) is 1. The Kier molecular flexibility index (Phi) is 6.29. The Morgan fingerprint density at radius 2 is 1.84 bits per heavy atom. The van der Waals surface area contributed by atoms with Crippen molar-refractivity contribution in [1.82, 2.24) is 15.1 Å². The van der Waals surface area contributed by atoms with Crippen molar-refractivity contribution in [2.75, 3.05) is 32.7 Å². The Bertz CT molecular complexity index is 651. The Balaban J connectivity index is 0.00000225. The summed E-state index contributed by atoms with van der Waals surface area (Å²) in [6.07, 6.45) is 1.38. The van der Waals surface area contributed by atoms with Gasteiger partial charge in [-0.1, -0.05) is 0 Å². The van der Waals surface area contributed by atoms with E-state index in [2.05, 4.69) is 5.32 Å². The number of amides is 2. The summed E-state index contributed by atoms with van der Waals surface area (Å²) < 4.78 is 40.7. The largest absolute Gasteiger partial charge is 0.336 e. The fourth-order valence-corrected chi connectivity index (χ4v) is 3.31. The molecule has 25 heavy (non-hydrogen) atoms. The molecule has 0 saturated carbocycles. The van der Waals surface area contributed by atoms with Gasteiger partial charge in [-0.15, -0.1) is 12.4 Å². The van der Waals surface area contributed by atoms with E-state index >= 15 is 0 Å². The minimum atomic E-state index is -1.21. The highest BCUT2D eigenvalue weighted by molar-refractivity contribution is 5.95. The number of piperazine rings is 1. The molecule has 2 amide bonds. The molecule has 1 N–H and O–H groups in total. The summed E-state index contributed by atoms with van der Waals surface area (Å²) in [5.41, 5.74) is -0.747. The van der Waals surface area contributed by atoms with Gasteiger partial charge in [0.1, 0.15) is 23.0 Å². The highest BCUT2D eigenvalue weighted by atomic mass is 35.5. The van der Waals surface area contributed by atoms with E-state index in [1.165, 1.54) is 4.90 Å². The lowest BCUT2D eigenvalue weighted by atomic mass is 10.0. The summed E-state index contributed by atoms with van der Waals surface area (Å²) in [6, 6.07) is 0.832. The Morgan fingerprint density at radius 3 is 2.48 bits per heavy atom. The van der Waals surface area contributed by atoms with Crippen molar-refractivity contribution in [2.45, 2.75) is 18.9 Å². The van der Waals surface area contributed by atoms with Crippen molar-refractivity contribution >= 4 is 24.2 Å². The summed E-state index contributed by atoms with van der Waals surface area (Å²) in [4.78, 5) is 27.5. The summed E-state index contributed by atoms with van der Waals surface area (Å²) in [7, 11) is 0. The number of carbonyl (C=O) groups excluding carboxylic acids is 2. The van der Waals surface area contributed by atoms with Crippen LogP contribution in [0, 0.1) is 17.5 Å². The second kappa shape index (κ2) is 8.05. The quantitative estimate of drug-likeness (QED) is 0.851. The molecule has 9 heteroatoms. The second-order valence-corrected chi connectivity index (χ2v) is 6.06. The maximum Gasteiger partial charge on any atom is 0.259 e. The first-order valence-electron chi connectivity index (χ1n) is 7.91. The predicted molar refractivity (Wildman–Crippen MR) is 87.1 cm³/mol. The Morgan fingerprint density at radius 1 is 1.16 bits per heavy atom. The Labute approximate surface area is 149 Å². The first kappa shape index (κ1) is 19.5. The normalized spacial score (nSPS) is 21.1. The molecule has 1 atom stereocenters. The van der Waals surface area contributed by atoms with Crippen LogP contribution < -0.4 is 5.32 Å². The molecule has 3 rings (SSSR count). The van der Waals surface area contributed by atoms with Gasteiger partial charge in [0.2, 0.25) is 5.91 Å². The van der Waals surface area contributed by atoms with Crippen LogP contribution in [0.5, 0.6) is 0 Å². The Hall–Kier alpha value is -1.80. The monoisotopic (exact) mass is 377 g/mol. The zero-order valence-electron chi connectivity index (χ0n) is 13.4. The van der Waals surface area contributed by atoms with Crippen LogP contribution in [0.15, 0.2) is 12.1 Å². The number of rotatable bonds is 2. The van der Waals surface area contributed by atoms with Crippen LogP contribution >= 0.6 is 12.4 Å². The molecular weight excluding hydrogens is 359 g/mol. The fraction of sp³-hybridized carbons (Fsp3) is 0.500. The number of nitrogens with one attached hydrogen (secondary N) is 1. The van der Waals surface area contributed by atoms with Crippen LogP contribution in [-0.2, 0) is 4.79 Å². The molecule has 138 valence electrons. The van der Waals surface area contributed by atoms with Gasteiger partial charge in [0.15, 0.2) is 0 Å². The molecule has 0 bridgehead atoms. The maximum atomic E-state index is 13.8. The second-order valence-electron chi connectivity index (χ2n) is 6.06. The van der Waals surface area contributed by atoms with E-state index in [1.54, 1.807) is 4.90 Å². The van der Waals surface area contributed by atoms with Gasteiger partial charge in [0.05, 0.1) is 6.54 Å². The molecular formula is C16H19ClF3N3O2. The summed E-state index contributed by atoms with van der Waals surface area (Å²) in [5.74, 6) is -4.34. The third-order valence-corrected chi connectivity index (χ3v) is 4.47. The first-order valence-corrected chi connectivity index (χ1v) is 7.91. The van der Waals surface area contributed by atoms with Crippen molar-refractivity contribution in [3.05, 3.63) is 35.1 Å². The minimum Gasteiger partial charge on any atom is -0.336 e. The van der Waals surface area contributed by atoms with Crippen LogP contribution in [0.3, 0.4) is 0 Å². The topological polar surface area (TPSA) is 52.7 Å². The van der Waals surface area contributed by atoms with Gasteiger partial charge in [-0.3, -0.25) is 9.59 Å². The van der Waals surface area contributed by atoms with Crippen LogP contribution in [0.1, 0.15) is 23.2 Å². The van der Waals surface area contributed by atoms with Gasteiger partial charge in [0.25, 0.3) is 5.91 Å². The zero-order valence-corrected chi connectivity index (χ0v) is 14.3. The molecule has 2 heterocycles. The van der Waals surface area contributed by atoms with E-state index in [9.17, 15) is 22.8 Å². The highest BCUT2D eigenvalue weighted by Crippen LogP contribution is 2.22. The zero-order chi connectivity index (χ0) is 17.3. The van der Waals surface area contributed by atoms with Crippen LogP contribution in [-0.4, -0.2) is 60.4 Å². The van der Waals surface area contributed by atoms with Crippen molar-refractivity contribution in [3.8, 4) is 0 Å². The lowest BCUT2D eigenvalue weighted by Gasteiger charge is -2.41. The van der Waals surface area contributed by atoms with Gasteiger partial charge in [-0.25, -0.2) is 13.2 Å². The van der Waals surface area contributed by atoms with Crippen molar-refractivity contribution in [3.63, 3.8) is 0 Å². The number of nitrogens with zero attached hydrogens (tertiary/aromatic N) is 2. The summed E-state index contributed by atoms with van der Waals surface area (Å²) >= 11 is 0. The third kappa shape index (κ3) is 4.07. The standard InChI is InChI=1S/C16H18F3N3O2.ClH/c17-10-6-12(18)15(13(19)7-10)16(24)21-4-1-2-11(9-21)22-5-3-20-8-14(22)23;/h6-7,11,20H,1-5,8-9H2;1H. The molecule has 0 radical (unpaired) electrons. The van der Waals surface area contributed by atoms with Gasteiger partial charge in [0, 0.05) is 44.4 Å². The van der Waals surface area contributed by atoms with Gasteiger partial charge in [-0.05, 0) is 12.8 Å². The number of carbonyl (C=O) groups is 2. The predicted octanol–water partition coefficient (Wildman–Crippen LogP) is 1.56. The number of hydrogen-bond acceptors (Lipinski definition) is 3. The van der Waals surface area contributed by atoms with Crippen LogP contribution in [0.2, 0.25) is 0 Å². The van der Waals surface area contributed by atoms with Crippen molar-refractivity contribution < 1.29 is 22.8 Å². The van der Waals surface area contributed by atoms with Crippen molar-refractivity contribution in [1.29, 1.82) is 0 Å². The molecule has 5 nitrogen and oxygen atoms in total. The van der Waals surface area contributed by atoms with E-state index in [0.717, 1.165) is 6.42 Å². The van der Waals surface area contributed by atoms with Gasteiger partial charge in [-0.2, -0.15) is 0 Å². The average molecular weight is 378 g/mol. The molecule has 1 unspecified atom stereocenters. The molecule has 0 spiro atoms. The third-order valence-electron chi connectivity index (χ3n) is 4.47. The van der Waals surface area contributed by atoms with E-state index in [-0.39, 0.29) is 37.4 Å². The van der Waals surface area contributed by atoms with E-state index in [1.807, 2.05) is 0 Å². The SMILES string of the molecule is Cl.O=C(c1c(F)cc(F)cc1F)N1CCCC(N2CCNCC2=O)C1. The van der Waals surface area contributed by atoms with Gasteiger partial charge >= 0.3 is 0 Å². The number of halogens is 4. The molecule has 1 aromatic carbocycles. The summed E-state index contributed by atoms with van der Waals surface area (Å²) in [6.45, 7) is 2.06. The molecule has 1 aromatic rings. The molecule has 2 aliphatic rings. The highest BCUT2D eigenvalue weighted by Gasteiger charge is 2.33. The minimum absolute atomic E-state index is 0. The summed E-state index contributed by atoms with van der Waals surface area (Å²) in [5, 5.41) is 2.98. The lowest BCUT2D eigenvalue weighted by molar-refractivity contribution is -0.135. The molecule has 0 aliphatic carbocycles. The lowest BCUT2D eigenvalue weighted by Crippen LogP contribution is -2.57. The average Bonchev–Trinajstić information content (AvgIpc) is 2.54. The fourth-order valence-electron chi connectivity index (χ4n) is 3.31. The number of benzene rings is 1. The van der Waals surface area contributed by atoms with E-state index in [4.69, 9.17) is 0 Å².